The predicted octanol–water partition coefficient (Wildman–Crippen LogP) is 2.05. The number of aromatic nitrogens is 1. The van der Waals surface area contributed by atoms with E-state index in [-0.39, 0.29) is 10.6 Å². The largest absolute Gasteiger partial charge is 0.520 e. The Balaban J connectivity index is 2.95. The van der Waals surface area contributed by atoms with Gasteiger partial charge in [0.05, 0.1) is 26.9 Å². The fourth-order valence-corrected chi connectivity index (χ4v) is 1.42. The predicted molar refractivity (Wildman–Crippen MR) is 56.2 cm³/mol. The minimum absolute atomic E-state index is 0.114. The molecule has 0 aliphatic carbocycles. The molecule has 0 aliphatic rings. The van der Waals surface area contributed by atoms with Gasteiger partial charge < -0.3 is 9.72 Å². The highest BCUT2D eigenvalue weighted by Crippen LogP contribution is 2.23. The zero-order valence-corrected chi connectivity index (χ0v) is 9.13. The molecule has 0 aliphatic heterocycles. The van der Waals surface area contributed by atoms with E-state index in [1.165, 1.54) is 0 Å². The number of carbonyl (C=O) groups is 1. The molecule has 1 aromatic heterocycles. The van der Waals surface area contributed by atoms with E-state index in [1.54, 1.807) is 0 Å². The molecule has 1 N–H and O–H groups in total. The molecule has 0 bridgehead atoms. The molecule has 1 aromatic rings. The Hall–Kier alpha value is -1.29. The summed E-state index contributed by atoms with van der Waals surface area (Å²) in [7, 11) is 3.63. The quantitative estimate of drug-likeness (QED) is 0.737. The molecule has 0 spiro atoms. The molecule has 0 aromatic carbocycles. The highest BCUT2D eigenvalue weighted by atomic mass is 16.6. The van der Waals surface area contributed by atoms with Crippen molar-refractivity contribution in [2.24, 2.45) is 0 Å². The third kappa shape index (κ3) is 1.80. The first-order chi connectivity index (χ1) is 6.50. The second kappa shape index (κ2) is 3.84. The van der Waals surface area contributed by atoms with Gasteiger partial charge in [-0.05, 0) is 13.8 Å². The summed E-state index contributed by atoms with van der Waals surface area (Å²) in [5, 5.41) is 0. The lowest BCUT2D eigenvalue weighted by atomic mass is 10.3. The number of hydrogen-bond donors (Lipinski definition) is 1. The van der Waals surface area contributed by atoms with Crippen LogP contribution in [-0.4, -0.2) is 31.8 Å². The molecule has 0 saturated carbocycles. The third-order valence-corrected chi connectivity index (χ3v) is 2.25. The van der Waals surface area contributed by atoms with Crippen LogP contribution in [0.5, 0.6) is 0 Å². The number of aryl methyl sites for hydroxylation is 1. The molecule has 0 fully saturated rings. The van der Waals surface area contributed by atoms with E-state index >= 15 is 0 Å². The van der Waals surface area contributed by atoms with Gasteiger partial charge in [-0.15, -0.1) is 0 Å². The van der Waals surface area contributed by atoms with Crippen LogP contribution >= 0.6 is 0 Å². The van der Waals surface area contributed by atoms with Crippen LogP contribution < -0.4 is 4.48 Å². The van der Waals surface area contributed by atoms with E-state index in [1.807, 2.05) is 40.3 Å². The Labute approximate surface area is 84.1 Å². The van der Waals surface area contributed by atoms with Crippen LogP contribution in [0.1, 0.15) is 12.5 Å². The van der Waals surface area contributed by atoms with Crippen molar-refractivity contribution in [3.63, 3.8) is 0 Å². The first-order valence-electron chi connectivity index (χ1n) is 4.65. The molecule has 4 heteroatoms. The Morgan fingerprint density at radius 2 is 2.14 bits per heavy atom. The Bertz CT molecular complexity index is 329. The fraction of sp³-hybridized carbons (Fsp3) is 0.500. The van der Waals surface area contributed by atoms with Crippen LogP contribution in [0.4, 0.5) is 10.5 Å². The highest BCUT2D eigenvalue weighted by Gasteiger charge is 2.33. The van der Waals surface area contributed by atoms with Crippen LogP contribution in [0.3, 0.4) is 0 Å². The van der Waals surface area contributed by atoms with Crippen molar-refractivity contribution in [1.29, 1.82) is 0 Å². The molecule has 0 saturated heterocycles. The van der Waals surface area contributed by atoms with E-state index in [9.17, 15) is 4.79 Å². The van der Waals surface area contributed by atoms with Crippen molar-refractivity contribution in [3.8, 4) is 0 Å². The topological polar surface area (TPSA) is 42.1 Å². The summed E-state index contributed by atoms with van der Waals surface area (Å²) in [6, 6.07) is 0. The van der Waals surface area contributed by atoms with Crippen LogP contribution in [0.2, 0.25) is 0 Å². The summed E-state index contributed by atoms with van der Waals surface area (Å²) in [6.45, 7) is 4.18. The van der Waals surface area contributed by atoms with E-state index in [0.29, 0.717) is 6.61 Å². The fourth-order valence-electron chi connectivity index (χ4n) is 1.42. The Morgan fingerprint density at radius 3 is 2.57 bits per heavy atom. The molecule has 0 radical (unpaired) electrons. The van der Waals surface area contributed by atoms with Crippen molar-refractivity contribution >= 4 is 11.8 Å². The number of rotatable bonds is 2. The van der Waals surface area contributed by atoms with Gasteiger partial charge in [-0.25, -0.2) is 0 Å². The van der Waals surface area contributed by atoms with Gasteiger partial charge in [0.2, 0.25) is 0 Å². The van der Waals surface area contributed by atoms with E-state index < -0.39 is 0 Å². The van der Waals surface area contributed by atoms with Crippen LogP contribution in [0.15, 0.2) is 12.4 Å². The summed E-state index contributed by atoms with van der Waals surface area (Å²) in [5.74, 6) is 0. The number of quaternary nitrogens is 1. The molecular weight excluding hydrogens is 180 g/mol. The van der Waals surface area contributed by atoms with E-state index in [0.717, 1.165) is 11.3 Å². The molecule has 1 amide bonds. The lowest BCUT2D eigenvalue weighted by molar-refractivity contribution is 0.124. The van der Waals surface area contributed by atoms with Gasteiger partial charge in [0.25, 0.3) is 0 Å². The van der Waals surface area contributed by atoms with E-state index in [2.05, 4.69) is 4.98 Å². The average Bonchev–Trinajstić information content (AvgIpc) is 2.52. The average molecular weight is 197 g/mol. The minimum Gasteiger partial charge on any atom is -0.420 e. The van der Waals surface area contributed by atoms with Gasteiger partial charge in [0.1, 0.15) is 0 Å². The summed E-state index contributed by atoms with van der Waals surface area (Å²) in [4.78, 5) is 14.6. The van der Waals surface area contributed by atoms with Crippen molar-refractivity contribution in [2.75, 3.05) is 20.7 Å². The second-order valence-corrected chi connectivity index (χ2v) is 3.68. The zero-order chi connectivity index (χ0) is 10.8. The SMILES string of the molecule is CCOC(=O)[N+](C)(C)c1c[nH]cc1C. The first-order valence-corrected chi connectivity index (χ1v) is 4.65. The molecule has 1 heterocycles. The number of aromatic amines is 1. The highest BCUT2D eigenvalue weighted by molar-refractivity contribution is 5.82. The number of amides is 1. The molecule has 14 heavy (non-hydrogen) atoms. The van der Waals surface area contributed by atoms with Crippen molar-refractivity contribution in [1.82, 2.24) is 9.47 Å². The summed E-state index contributed by atoms with van der Waals surface area (Å²) >= 11 is 0. The Kier molecular flexibility index (Phi) is 2.96. The Morgan fingerprint density at radius 1 is 1.50 bits per heavy atom. The maximum Gasteiger partial charge on any atom is 0.520 e. The number of hydrogen-bond acceptors (Lipinski definition) is 2. The van der Waals surface area contributed by atoms with E-state index in [4.69, 9.17) is 4.74 Å². The molecule has 78 valence electrons. The van der Waals surface area contributed by atoms with Crippen molar-refractivity contribution < 1.29 is 9.53 Å². The summed E-state index contributed by atoms with van der Waals surface area (Å²) in [5.41, 5.74) is 1.99. The van der Waals surface area contributed by atoms with Gasteiger partial charge >= 0.3 is 6.09 Å². The van der Waals surface area contributed by atoms with Crippen LogP contribution in [0.25, 0.3) is 0 Å². The van der Waals surface area contributed by atoms with Gasteiger partial charge in [0, 0.05) is 11.8 Å². The lowest BCUT2D eigenvalue weighted by Gasteiger charge is -2.24. The number of nitrogens with one attached hydrogen (secondary N) is 1. The number of ether oxygens (including phenoxy) is 1. The third-order valence-electron chi connectivity index (χ3n) is 2.25. The summed E-state index contributed by atoms with van der Waals surface area (Å²) in [6.07, 6.45) is 3.45. The minimum atomic E-state index is -0.241. The molecule has 0 atom stereocenters. The van der Waals surface area contributed by atoms with Gasteiger partial charge in [-0.3, -0.25) is 0 Å². The maximum absolute atomic E-state index is 11.7. The van der Waals surface area contributed by atoms with Crippen LogP contribution in [0, 0.1) is 6.92 Å². The molecular formula is C10H17N2O2+. The van der Waals surface area contributed by atoms with Gasteiger partial charge in [0.15, 0.2) is 5.69 Å². The monoisotopic (exact) mass is 197 g/mol. The van der Waals surface area contributed by atoms with Crippen molar-refractivity contribution in [3.05, 3.63) is 18.0 Å². The van der Waals surface area contributed by atoms with Gasteiger partial charge in [-0.1, -0.05) is 0 Å². The molecule has 1 rings (SSSR count). The zero-order valence-electron chi connectivity index (χ0n) is 9.13. The van der Waals surface area contributed by atoms with Crippen LogP contribution in [-0.2, 0) is 4.74 Å². The maximum atomic E-state index is 11.7. The van der Waals surface area contributed by atoms with Crippen molar-refractivity contribution in [2.45, 2.75) is 13.8 Å². The van der Waals surface area contributed by atoms with Gasteiger partial charge in [-0.2, -0.15) is 9.28 Å². The number of carbonyl (C=O) groups excluding carboxylic acids is 1. The molecule has 0 unspecified atom stereocenters. The molecule has 4 nitrogen and oxygen atoms in total. The second-order valence-electron chi connectivity index (χ2n) is 3.68. The smallest absolute Gasteiger partial charge is 0.420 e. The number of H-pyrrole nitrogens is 1. The first kappa shape index (κ1) is 10.8. The summed E-state index contributed by atoms with van der Waals surface area (Å²) < 4.78 is 5.12. The lowest BCUT2D eigenvalue weighted by Crippen LogP contribution is -2.47. The number of nitrogens with zero attached hydrogens (tertiary/aromatic N) is 1. The standard InChI is InChI=1S/C10H17N2O2/c1-5-14-10(13)12(3,4)9-7-11-6-8(9)2/h6-7,11H,5H2,1-4H3/q+1. The normalized spacial score (nSPS) is 11.4.